The van der Waals surface area contributed by atoms with Crippen molar-refractivity contribution < 1.29 is 4.79 Å². The number of anilines is 1. The maximum absolute atomic E-state index is 11.9. The number of hydrogen-bond acceptors (Lipinski definition) is 4. The molecule has 6 heteroatoms. The van der Waals surface area contributed by atoms with E-state index in [2.05, 4.69) is 15.3 Å². The molecule has 0 fully saturated rings. The zero-order chi connectivity index (χ0) is 13.0. The molecule has 0 unspecified atom stereocenters. The zero-order valence-electron chi connectivity index (χ0n) is 9.38. The standard InChI is InChI=1S/C12H11ClN4O/c13-9-6-7-15-12(16-9)17-11(18)10(14)8-4-2-1-3-5-8/h1-7,10H,14H2,(H,15,16,17,18)/t10-/m1/s1. The van der Waals surface area contributed by atoms with E-state index < -0.39 is 6.04 Å². The fourth-order valence-corrected chi connectivity index (χ4v) is 1.53. The van der Waals surface area contributed by atoms with Gasteiger partial charge in [-0.2, -0.15) is 0 Å². The summed E-state index contributed by atoms with van der Waals surface area (Å²) in [4.78, 5) is 19.6. The van der Waals surface area contributed by atoms with E-state index in [-0.39, 0.29) is 17.0 Å². The van der Waals surface area contributed by atoms with Crippen molar-refractivity contribution >= 4 is 23.5 Å². The molecule has 0 saturated carbocycles. The molecule has 2 aromatic rings. The number of carbonyl (C=O) groups is 1. The first kappa shape index (κ1) is 12.5. The van der Waals surface area contributed by atoms with Crippen molar-refractivity contribution in [3.05, 3.63) is 53.3 Å². The Morgan fingerprint density at radius 3 is 2.67 bits per heavy atom. The van der Waals surface area contributed by atoms with Gasteiger partial charge in [0.1, 0.15) is 11.2 Å². The Balaban J connectivity index is 2.09. The summed E-state index contributed by atoms with van der Waals surface area (Å²) in [6.45, 7) is 0. The number of nitrogens with two attached hydrogens (primary N) is 1. The third kappa shape index (κ3) is 3.03. The lowest BCUT2D eigenvalue weighted by Crippen LogP contribution is -2.28. The highest BCUT2D eigenvalue weighted by Gasteiger charge is 2.16. The van der Waals surface area contributed by atoms with Crippen LogP contribution in [0.2, 0.25) is 5.15 Å². The molecule has 0 saturated heterocycles. The van der Waals surface area contributed by atoms with Gasteiger partial charge in [-0.25, -0.2) is 9.97 Å². The lowest BCUT2D eigenvalue weighted by Gasteiger charge is -2.11. The first-order valence-corrected chi connectivity index (χ1v) is 5.64. The first-order valence-electron chi connectivity index (χ1n) is 5.27. The largest absolute Gasteiger partial charge is 0.316 e. The molecule has 2 rings (SSSR count). The highest BCUT2D eigenvalue weighted by atomic mass is 35.5. The molecule has 1 aromatic carbocycles. The SMILES string of the molecule is N[C@@H](C(=O)Nc1nccc(Cl)n1)c1ccccc1. The molecule has 0 aliphatic carbocycles. The second-order valence-corrected chi connectivity index (χ2v) is 3.97. The molecule has 18 heavy (non-hydrogen) atoms. The van der Waals surface area contributed by atoms with Gasteiger partial charge in [0.15, 0.2) is 0 Å². The molecule has 1 amide bonds. The summed E-state index contributed by atoms with van der Waals surface area (Å²) in [6.07, 6.45) is 1.46. The number of hydrogen-bond donors (Lipinski definition) is 2. The van der Waals surface area contributed by atoms with Gasteiger partial charge in [-0.3, -0.25) is 10.1 Å². The van der Waals surface area contributed by atoms with Crippen molar-refractivity contribution in [2.75, 3.05) is 5.32 Å². The van der Waals surface area contributed by atoms with Crippen molar-refractivity contribution in [3.8, 4) is 0 Å². The van der Waals surface area contributed by atoms with Gasteiger partial charge < -0.3 is 5.73 Å². The molecular formula is C12H11ClN4O. The molecule has 0 aliphatic rings. The Labute approximate surface area is 109 Å². The van der Waals surface area contributed by atoms with Crippen LogP contribution in [0.15, 0.2) is 42.6 Å². The third-order valence-corrected chi connectivity index (χ3v) is 2.51. The first-order chi connectivity index (χ1) is 8.66. The van der Waals surface area contributed by atoms with Crippen molar-refractivity contribution in [2.24, 2.45) is 5.73 Å². The maximum Gasteiger partial charge on any atom is 0.248 e. The summed E-state index contributed by atoms with van der Waals surface area (Å²) in [5.74, 6) is -0.248. The maximum atomic E-state index is 11.9. The molecular weight excluding hydrogens is 252 g/mol. The van der Waals surface area contributed by atoms with Gasteiger partial charge in [0.2, 0.25) is 11.9 Å². The highest BCUT2D eigenvalue weighted by Crippen LogP contribution is 2.12. The summed E-state index contributed by atoms with van der Waals surface area (Å²) in [5, 5.41) is 2.77. The zero-order valence-corrected chi connectivity index (χ0v) is 10.1. The van der Waals surface area contributed by atoms with Gasteiger partial charge in [-0.1, -0.05) is 41.9 Å². The Morgan fingerprint density at radius 2 is 2.00 bits per heavy atom. The summed E-state index contributed by atoms with van der Waals surface area (Å²) < 4.78 is 0. The van der Waals surface area contributed by atoms with Crippen LogP contribution >= 0.6 is 11.6 Å². The number of halogens is 1. The van der Waals surface area contributed by atoms with Crippen LogP contribution in [0.4, 0.5) is 5.95 Å². The summed E-state index contributed by atoms with van der Waals surface area (Å²) >= 11 is 5.69. The average Bonchev–Trinajstić information content (AvgIpc) is 2.39. The summed E-state index contributed by atoms with van der Waals surface area (Å²) in [6, 6.07) is 9.81. The number of carbonyl (C=O) groups excluding carboxylic acids is 1. The number of aromatic nitrogens is 2. The molecule has 0 bridgehead atoms. The van der Waals surface area contributed by atoms with Crippen molar-refractivity contribution in [1.29, 1.82) is 0 Å². The van der Waals surface area contributed by atoms with E-state index in [1.165, 1.54) is 12.3 Å². The third-order valence-electron chi connectivity index (χ3n) is 2.30. The number of rotatable bonds is 3. The van der Waals surface area contributed by atoms with Gasteiger partial charge in [-0.15, -0.1) is 0 Å². The van der Waals surface area contributed by atoms with Crippen LogP contribution in [-0.4, -0.2) is 15.9 Å². The van der Waals surface area contributed by atoms with E-state index >= 15 is 0 Å². The highest BCUT2D eigenvalue weighted by molar-refractivity contribution is 6.29. The Kier molecular flexibility index (Phi) is 3.86. The Morgan fingerprint density at radius 1 is 1.28 bits per heavy atom. The monoisotopic (exact) mass is 262 g/mol. The molecule has 1 heterocycles. The molecule has 1 atom stereocenters. The van der Waals surface area contributed by atoms with Gasteiger partial charge >= 0.3 is 0 Å². The minimum atomic E-state index is -0.770. The molecule has 92 valence electrons. The van der Waals surface area contributed by atoms with Crippen LogP contribution in [0.5, 0.6) is 0 Å². The van der Waals surface area contributed by atoms with E-state index in [0.717, 1.165) is 5.56 Å². The molecule has 1 aromatic heterocycles. The molecule has 0 aliphatic heterocycles. The lowest BCUT2D eigenvalue weighted by atomic mass is 10.1. The van der Waals surface area contributed by atoms with Crippen LogP contribution in [-0.2, 0) is 4.79 Å². The van der Waals surface area contributed by atoms with Crippen LogP contribution in [0, 0.1) is 0 Å². The molecule has 0 spiro atoms. The number of nitrogens with zero attached hydrogens (tertiary/aromatic N) is 2. The van der Waals surface area contributed by atoms with E-state index in [9.17, 15) is 4.79 Å². The molecule has 0 radical (unpaired) electrons. The van der Waals surface area contributed by atoms with Gasteiger partial charge in [-0.05, 0) is 11.6 Å². The van der Waals surface area contributed by atoms with Crippen LogP contribution in [0.3, 0.4) is 0 Å². The predicted octanol–water partition coefficient (Wildman–Crippen LogP) is 1.77. The van der Waals surface area contributed by atoms with E-state index in [4.69, 9.17) is 17.3 Å². The second-order valence-electron chi connectivity index (χ2n) is 3.58. The predicted molar refractivity (Wildman–Crippen MR) is 69.0 cm³/mol. The topological polar surface area (TPSA) is 80.9 Å². The Hall–Kier alpha value is -1.98. The van der Waals surface area contributed by atoms with Crippen molar-refractivity contribution in [1.82, 2.24) is 9.97 Å². The van der Waals surface area contributed by atoms with E-state index in [1.54, 1.807) is 12.1 Å². The number of amides is 1. The van der Waals surface area contributed by atoms with Gasteiger partial charge in [0, 0.05) is 6.20 Å². The minimum absolute atomic E-state index is 0.138. The van der Waals surface area contributed by atoms with Crippen molar-refractivity contribution in [3.63, 3.8) is 0 Å². The quantitative estimate of drug-likeness (QED) is 0.826. The van der Waals surface area contributed by atoms with E-state index in [1.807, 2.05) is 18.2 Å². The minimum Gasteiger partial charge on any atom is -0.316 e. The Bertz CT molecular complexity index is 547. The molecule has 5 nitrogen and oxygen atoms in total. The summed E-state index contributed by atoms with van der Waals surface area (Å²) in [7, 11) is 0. The number of nitrogens with one attached hydrogen (secondary N) is 1. The normalized spacial score (nSPS) is 11.9. The van der Waals surface area contributed by atoms with Crippen LogP contribution in [0.25, 0.3) is 0 Å². The smallest absolute Gasteiger partial charge is 0.248 e. The van der Waals surface area contributed by atoms with Gasteiger partial charge in [0.25, 0.3) is 0 Å². The van der Waals surface area contributed by atoms with E-state index in [0.29, 0.717) is 0 Å². The summed E-state index contributed by atoms with van der Waals surface area (Å²) in [5.41, 5.74) is 6.54. The molecule has 3 N–H and O–H groups in total. The fourth-order valence-electron chi connectivity index (χ4n) is 1.40. The average molecular weight is 263 g/mol. The van der Waals surface area contributed by atoms with Gasteiger partial charge in [0.05, 0.1) is 0 Å². The number of benzene rings is 1. The van der Waals surface area contributed by atoms with Crippen molar-refractivity contribution in [2.45, 2.75) is 6.04 Å². The lowest BCUT2D eigenvalue weighted by molar-refractivity contribution is -0.117. The van der Waals surface area contributed by atoms with Crippen LogP contribution < -0.4 is 11.1 Å². The fraction of sp³-hybridized carbons (Fsp3) is 0.0833. The second kappa shape index (κ2) is 5.57. The van der Waals surface area contributed by atoms with Crippen LogP contribution in [0.1, 0.15) is 11.6 Å².